The number of hydrogen-bond donors (Lipinski definition) is 0. The van der Waals surface area contributed by atoms with Crippen molar-refractivity contribution in [2.75, 3.05) is 7.11 Å². The molecule has 4 heteroatoms. The fourth-order valence-corrected chi connectivity index (χ4v) is 0.636. The molecule has 0 aromatic rings. The summed E-state index contributed by atoms with van der Waals surface area (Å²) in [5, 5.41) is 0.677. The van der Waals surface area contributed by atoms with Crippen LogP contribution in [-0.2, 0) is 24.2 Å². The van der Waals surface area contributed by atoms with Crippen LogP contribution in [0.3, 0.4) is 0 Å². The second kappa shape index (κ2) is 7.12. The Morgan fingerprint density at radius 1 is 1.45 bits per heavy atom. The van der Waals surface area contributed by atoms with Gasteiger partial charge in [-0.25, -0.2) is 0 Å². The molecule has 1 nitrogen and oxygen atoms in total. The van der Waals surface area contributed by atoms with E-state index < -0.39 is 0 Å². The zero-order valence-corrected chi connectivity index (χ0v) is 11.4. The summed E-state index contributed by atoms with van der Waals surface area (Å²) in [5.74, 6) is 0.708. The topological polar surface area (TPSA) is 9.23 Å². The van der Waals surface area contributed by atoms with Gasteiger partial charge in [0.1, 0.15) is 5.38 Å². The number of allylic oxidation sites excluding steroid dienone is 2. The molecule has 0 aromatic carbocycles. The monoisotopic (exact) mass is 284 g/mol. The quantitative estimate of drug-likeness (QED) is 0.445. The van der Waals surface area contributed by atoms with E-state index in [0.717, 1.165) is 0 Å². The number of hydrogen-bond acceptors (Lipinski definition) is 1. The molecule has 57 valence electrons. The molecule has 0 amide bonds. The normalized spacial score (nSPS) is 14.5. The molecule has 0 unspecified atom stereocenters. The van der Waals surface area contributed by atoms with E-state index in [1.54, 1.807) is 25.3 Å². The average molecular weight is 287 g/mol. The fourth-order valence-electron chi connectivity index (χ4n) is 0.519. The first kappa shape index (κ1) is 14.0. The van der Waals surface area contributed by atoms with Gasteiger partial charge in [0, 0.05) is 19.5 Å². The molecule has 0 heterocycles. The van der Waals surface area contributed by atoms with Crippen LogP contribution >= 0.6 is 11.6 Å². The molecule has 0 aromatic heterocycles. The Hall–Kier alpha value is 0.453. The van der Waals surface area contributed by atoms with Gasteiger partial charge in [-0.05, 0) is 12.2 Å². The van der Waals surface area contributed by atoms with E-state index in [-0.39, 0.29) is 36.5 Å². The van der Waals surface area contributed by atoms with Crippen molar-refractivity contribution >= 4 is 11.6 Å². The van der Waals surface area contributed by atoms with Crippen molar-refractivity contribution in [3.05, 3.63) is 35.1 Å². The molecule has 1 aliphatic rings. The van der Waals surface area contributed by atoms with Crippen LogP contribution in [-0.4, -0.2) is 7.11 Å². The Balaban J connectivity index is 0. The van der Waals surface area contributed by atoms with Crippen molar-refractivity contribution in [1.82, 2.24) is 0 Å². The summed E-state index contributed by atoms with van der Waals surface area (Å²) < 4.78 is 4.85. The van der Waals surface area contributed by atoms with Crippen LogP contribution in [0.5, 0.6) is 0 Å². The third kappa shape index (κ3) is 4.82. The van der Waals surface area contributed by atoms with Gasteiger partial charge in [0.25, 0.3) is 0 Å². The Kier molecular flexibility index (Phi) is 9.07. The van der Waals surface area contributed by atoms with E-state index in [1.165, 1.54) is 0 Å². The predicted octanol–water partition coefficient (Wildman–Crippen LogP) is -0.986. The number of halogens is 2. The van der Waals surface area contributed by atoms with Crippen LogP contribution in [0.4, 0.5) is 0 Å². The smallest absolute Gasteiger partial charge is 0.161 e. The summed E-state index contributed by atoms with van der Waals surface area (Å²) in [7, 11) is 1.60. The molecule has 0 aliphatic heterocycles. The minimum atomic E-state index is 0. The third-order valence-corrected chi connectivity index (χ3v) is 1.20. The van der Waals surface area contributed by atoms with Crippen molar-refractivity contribution in [3.8, 4) is 0 Å². The Morgan fingerprint density at radius 3 is 2.45 bits per heavy atom. The van der Waals surface area contributed by atoms with Crippen molar-refractivity contribution < 1.29 is 41.2 Å². The van der Waals surface area contributed by atoms with Crippen LogP contribution in [0.1, 0.15) is 0 Å². The van der Waals surface area contributed by atoms with Crippen molar-refractivity contribution in [2.45, 2.75) is 0 Å². The number of rotatable bonds is 1. The molecule has 0 N–H and O–H groups in total. The maximum atomic E-state index is 5.58. The van der Waals surface area contributed by atoms with Crippen LogP contribution in [0, 0.1) is 5.38 Å². The zero-order valence-electron chi connectivity index (χ0n) is 6.10. The maximum absolute atomic E-state index is 5.58. The number of ether oxygens (including phenoxy) is 1. The predicted molar refractivity (Wildman–Crippen MR) is 36.8 cm³/mol. The summed E-state index contributed by atoms with van der Waals surface area (Å²) in [6.07, 6.45) is 5.19. The first-order valence-electron chi connectivity index (χ1n) is 2.54. The zero-order chi connectivity index (χ0) is 6.69. The van der Waals surface area contributed by atoms with E-state index in [1.807, 2.05) is 0 Å². The average Bonchev–Trinajstić information content (AvgIpc) is 1.90. The standard InChI is InChI=1S/C7H6ClO.BrH.Zn/c1-9-7-4-2-6(8)3-5-7;;/h2-4H,1H3;1H;/p-1. The molecule has 0 atom stereocenters. The van der Waals surface area contributed by atoms with Gasteiger partial charge in [0.15, 0.2) is 5.76 Å². The van der Waals surface area contributed by atoms with Crippen LogP contribution < -0.4 is 17.0 Å². The molecule has 1 rings (SSSR count). The Morgan fingerprint density at radius 2 is 2.09 bits per heavy atom. The Bertz CT molecular complexity index is 197. The maximum Gasteiger partial charge on any atom is 0.161 e. The van der Waals surface area contributed by atoms with E-state index >= 15 is 0 Å². The van der Waals surface area contributed by atoms with Gasteiger partial charge in [-0.2, -0.15) is 0 Å². The van der Waals surface area contributed by atoms with Gasteiger partial charge >= 0.3 is 0 Å². The van der Waals surface area contributed by atoms with Gasteiger partial charge in [-0.1, -0.05) is 11.8 Å². The van der Waals surface area contributed by atoms with Crippen LogP contribution in [0.2, 0.25) is 0 Å². The van der Waals surface area contributed by atoms with E-state index in [9.17, 15) is 0 Å². The Labute approximate surface area is 94.7 Å². The molecule has 0 bridgehead atoms. The molecule has 0 fully saturated rings. The van der Waals surface area contributed by atoms with E-state index in [4.69, 9.17) is 16.3 Å². The minimum Gasteiger partial charge on any atom is -1.00 e. The second-order valence-electron chi connectivity index (χ2n) is 1.58. The fraction of sp³-hybridized carbons (Fsp3) is 0.143. The SMILES string of the molecule is COC1=C=C[C](Cl)C=C1.[Br-].[Zn]. The van der Waals surface area contributed by atoms with Gasteiger partial charge in [-0.3, -0.25) is 0 Å². The summed E-state index contributed by atoms with van der Waals surface area (Å²) >= 11 is 5.58. The van der Waals surface area contributed by atoms with Crippen molar-refractivity contribution in [1.29, 1.82) is 0 Å². The summed E-state index contributed by atoms with van der Waals surface area (Å²) in [6.45, 7) is 0. The largest absolute Gasteiger partial charge is 1.00 e. The van der Waals surface area contributed by atoms with Crippen molar-refractivity contribution in [3.63, 3.8) is 0 Å². The van der Waals surface area contributed by atoms with E-state index in [0.29, 0.717) is 11.1 Å². The van der Waals surface area contributed by atoms with Crippen molar-refractivity contribution in [2.24, 2.45) is 0 Å². The molecule has 11 heavy (non-hydrogen) atoms. The first-order chi connectivity index (χ1) is 4.33. The van der Waals surface area contributed by atoms with Gasteiger partial charge < -0.3 is 21.7 Å². The number of methoxy groups -OCH3 is 1. The third-order valence-electron chi connectivity index (χ3n) is 0.966. The second-order valence-corrected chi connectivity index (χ2v) is 2.01. The van der Waals surface area contributed by atoms with Crippen LogP contribution in [0.25, 0.3) is 0 Å². The van der Waals surface area contributed by atoms with E-state index in [2.05, 4.69) is 5.73 Å². The van der Waals surface area contributed by atoms with Crippen LogP contribution in [0.15, 0.2) is 29.7 Å². The summed E-state index contributed by atoms with van der Waals surface area (Å²) in [4.78, 5) is 0. The molecular formula is C7H6BrClOZn-. The molecule has 1 aliphatic carbocycles. The van der Waals surface area contributed by atoms with Gasteiger partial charge in [0.05, 0.1) is 7.11 Å². The molecule has 0 saturated carbocycles. The molecule has 0 spiro atoms. The molecule has 1 radical (unpaired) electrons. The molecule has 0 saturated heterocycles. The van der Waals surface area contributed by atoms with Gasteiger partial charge in [-0.15, -0.1) is 11.6 Å². The molecular weight excluding hydrogens is 281 g/mol. The minimum absolute atomic E-state index is 0. The summed E-state index contributed by atoms with van der Waals surface area (Å²) in [5.41, 5.74) is 2.83. The summed E-state index contributed by atoms with van der Waals surface area (Å²) in [6, 6.07) is 0. The van der Waals surface area contributed by atoms with Gasteiger partial charge in [0.2, 0.25) is 0 Å². The first-order valence-corrected chi connectivity index (χ1v) is 2.92.